The monoisotopic (exact) mass is 311 g/mol. The van der Waals surface area contributed by atoms with Crippen molar-refractivity contribution in [1.29, 1.82) is 0 Å². The Morgan fingerprint density at radius 1 is 1.29 bits per heavy atom. The van der Waals surface area contributed by atoms with Crippen LogP contribution in [-0.4, -0.2) is 29.9 Å². The molecule has 0 spiro atoms. The fourth-order valence-electron chi connectivity index (χ4n) is 1.44. The van der Waals surface area contributed by atoms with Crippen LogP contribution in [0.25, 0.3) is 0 Å². The maximum Gasteiger partial charge on any atom is 0.216 e. The predicted octanol–water partition coefficient (Wildman–Crippen LogP) is 3.12. The summed E-state index contributed by atoms with van der Waals surface area (Å²) in [6.07, 6.45) is 9.21. The Balaban J connectivity index is 3.99. The molecule has 0 aliphatic heterocycles. The third kappa shape index (κ3) is 12.0. The fourth-order valence-corrected chi connectivity index (χ4v) is 1.65. The maximum atomic E-state index is 11.9. The van der Waals surface area contributed by atoms with E-state index in [-0.39, 0.29) is 29.8 Å². The molecule has 5 heteroatoms. The van der Waals surface area contributed by atoms with E-state index >= 15 is 0 Å². The number of ketones is 1. The lowest BCUT2D eigenvalue weighted by Crippen LogP contribution is -2.25. The molecule has 0 saturated carbocycles. The van der Waals surface area contributed by atoms with Gasteiger partial charge in [0, 0.05) is 6.92 Å². The van der Waals surface area contributed by atoms with Gasteiger partial charge in [0.1, 0.15) is 6.61 Å². The van der Waals surface area contributed by atoms with Crippen LogP contribution in [0.2, 0.25) is 0 Å². The Hall–Kier alpha value is -1.49. The van der Waals surface area contributed by atoms with Crippen molar-refractivity contribution in [3.8, 4) is 0 Å². The van der Waals surface area contributed by atoms with Crippen LogP contribution < -0.4 is 5.32 Å². The van der Waals surface area contributed by atoms with Gasteiger partial charge >= 0.3 is 0 Å². The molecular formula is C16H25NO3S. The number of Topliss-reactive ketones (excluding diaryl/α,β-unsaturated/α-hetero) is 1. The minimum atomic E-state index is -0.116. The van der Waals surface area contributed by atoms with E-state index in [4.69, 9.17) is 17.0 Å². The number of ether oxygens (including phenoxy) is 1. The van der Waals surface area contributed by atoms with Gasteiger partial charge < -0.3 is 10.1 Å². The molecule has 1 amide bonds. The maximum absolute atomic E-state index is 11.9. The third-order valence-electron chi connectivity index (χ3n) is 2.69. The van der Waals surface area contributed by atoms with E-state index in [0.717, 1.165) is 19.3 Å². The van der Waals surface area contributed by atoms with Gasteiger partial charge in [-0.3, -0.25) is 9.59 Å². The molecule has 0 bridgehead atoms. The van der Waals surface area contributed by atoms with Crippen LogP contribution in [0.1, 0.15) is 46.5 Å². The number of hydrogen-bond donors (Lipinski definition) is 1. The average molecular weight is 311 g/mol. The first-order valence-electron chi connectivity index (χ1n) is 7.24. The summed E-state index contributed by atoms with van der Waals surface area (Å²) >= 11 is 5.00. The summed E-state index contributed by atoms with van der Waals surface area (Å²) in [6.45, 7) is 6.02. The van der Waals surface area contributed by atoms with E-state index < -0.39 is 0 Å². The quantitative estimate of drug-likeness (QED) is 0.291. The standard InChI is InChI=1S/C16H25NO3S/c1-4-5-6-7-8-9-13(2)15(19)12-16(21)20-11-10-17-14(3)18/h7-9H,4-6,10-12H2,1-3H3,(H,17,18)/b8-7+,13-9+. The van der Waals surface area contributed by atoms with E-state index in [9.17, 15) is 9.59 Å². The topological polar surface area (TPSA) is 55.4 Å². The van der Waals surface area contributed by atoms with Crippen molar-refractivity contribution >= 4 is 29.0 Å². The zero-order chi connectivity index (χ0) is 16.1. The zero-order valence-electron chi connectivity index (χ0n) is 13.1. The van der Waals surface area contributed by atoms with E-state index in [1.807, 2.05) is 6.08 Å². The van der Waals surface area contributed by atoms with Gasteiger partial charge in [-0.15, -0.1) is 0 Å². The van der Waals surface area contributed by atoms with Crippen LogP contribution in [0.15, 0.2) is 23.8 Å². The number of unbranched alkanes of at least 4 members (excludes halogenated alkanes) is 2. The normalized spacial score (nSPS) is 11.5. The number of carbonyl (C=O) groups is 2. The van der Waals surface area contributed by atoms with Gasteiger partial charge in [0.05, 0.1) is 13.0 Å². The van der Waals surface area contributed by atoms with Crippen molar-refractivity contribution in [1.82, 2.24) is 5.32 Å². The molecule has 118 valence electrons. The second-order valence-corrected chi connectivity index (χ2v) is 5.18. The molecule has 0 aliphatic carbocycles. The van der Waals surface area contributed by atoms with Crippen LogP contribution in [-0.2, 0) is 14.3 Å². The third-order valence-corrected chi connectivity index (χ3v) is 2.95. The number of hydrogen-bond acceptors (Lipinski definition) is 4. The molecule has 0 atom stereocenters. The molecule has 0 rings (SSSR count). The lowest BCUT2D eigenvalue weighted by Gasteiger charge is -2.07. The molecule has 0 unspecified atom stereocenters. The van der Waals surface area contributed by atoms with Crippen LogP contribution >= 0.6 is 12.2 Å². The largest absolute Gasteiger partial charge is 0.485 e. The minimum Gasteiger partial charge on any atom is -0.485 e. The highest BCUT2D eigenvalue weighted by Crippen LogP contribution is 2.03. The van der Waals surface area contributed by atoms with E-state index in [1.54, 1.807) is 13.0 Å². The van der Waals surface area contributed by atoms with Crippen molar-refractivity contribution in [2.24, 2.45) is 0 Å². The van der Waals surface area contributed by atoms with Gasteiger partial charge in [-0.1, -0.05) is 38.0 Å². The van der Waals surface area contributed by atoms with Gasteiger partial charge in [0.15, 0.2) is 10.8 Å². The molecule has 0 radical (unpaired) electrons. The molecular weight excluding hydrogens is 286 g/mol. The van der Waals surface area contributed by atoms with Crippen molar-refractivity contribution < 1.29 is 14.3 Å². The lowest BCUT2D eigenvalue weighted by atomic mass is 10.1. The minimum absolute atomic E-state index is 0.0420. The van der Waals surface area contributed by atoms with E-state index in [2.05, 4.69) is 18.3 Å². The van der Waals surface area contributed by atoms with Gasteiger partial charge in [0.25, 0.3) is 0 Å². The van der Waals surface area contributed by atoms with E-state index in [0.29, 0.717) is 12.1 Å². The zero-order valence-corrected chi connectivity index (χ0v) is 13.9. The smallest absolute Gasteiger partial charge is 0.216 e. The summed E-state index contributed by atoms with van der Waals surface area (Å²) < 4.78 is 5.22. The molecule has 0 saturated heterocycles. The second-order valence-electron chi connectivity index (χ2n) is 4.72. The Bertz CT molecular complexity index is 414. The Morgan fingerprint density at radius 2 is 2.00 bits per heavy atom. The molecule has 0 heterocycles. The number of rotatable bonds is 10. The second kappa shape index (κ2) is 12.3. The van der Waals surface area contributed by atoms with Gasteiger partial charge in [-0.25, -0.2) is 0 Å². The number of thiocarbonyl (C=S) groups is 1. The van der Waals surface area contributed by atoms with Crippen molar-refractivity contribution in [3.05, 3.63) is 23.8 Å². The van der Waals surface area contributed by atoms with Crippen LogP contribution in [0.5, 0.6) is 0 Å². The summed E-state index contributed by atoms with van der Waals surface area (Å²) in [5.74, 6) is -0.158. The summed E-state index contributed by atoms with van der Waals surface area (Å²) in [7, 11) is 0. The average Bonchev–Trinajstić information content (AvgIpc) is 2.42. The Morgan fingerprint density at radius 3 is 2.62 bits per heavy atom. The van der Waals surface area contributed by atoms with Crippen molar-refractivity contribution in [2.45, 2.75) is 46.5 Å². The van der Waals surface area contributed by atoms with Crippen molar-refractivity contribution in [2.75, 3.05) is 13.2 Å². The highest BCUT2D eigenvalue weighted by molar-refractivity contribution is 7.80. The molecule has 0 fully saturated rings. The van der Waals surface area contributed by atoms with Gasteiger partial charge in [0.2, 0.25) is 5.91 Å². The first-order valence-corrected chi connectivity index (χ1v) is 7.64. The van der Waals surface area contributed by atoms with Crippen molar-refractivity contribution in [3.63, 3.8) is 0 Å². The number of amides is 1. The molecule has 0 aromatic carbocycles. The van der Waals surface area contributed by atoms with Gasteiger partial charge in [-0.05, 0) is 31.1 Å². The fraction of sp³-hybridized carbons (Fsp3) is 0.562. The Labute approximate surface area is 132 Å². The molecule has 0 aliphatic rings. The SMILES string of the molecule is CCCC/C=C/C=C(\C)C(=O)CC(=S)OCCNC(C)=O. The number of nitrogens with one attached hydrogen (secondary N) is 1. The first kappa shape index (κ1) is 19.5. The molecule has 0 aromatic heterocycles. The molecule has 1 N–H and O–H groups in total. The van der Waals surface area contributed by atoms with Crippen LogP contribution in [0.4, 0.5) is 0 Å². The molecule has 21 heavy (non-hydrogen) atoms. The van der Waals surface area contributed by atoms with Gasteiger partial charge in [-0.2, -0.15) is 0 Å². The summed E-state index contributed by atoms with van der Waals surface area (Å²) in [5.41, 5.74) is 0.663. The van der Waals surface area contributed by atoms with Crippen LogP contribution in [0.3, 0.4) is 0 Å². The first-order chi connectivity index (χ1) is 9.97. The van der Waals surface area contributed by atoms with Crippen LogP contribution in [0, 0.1) is 0 Å². The number of carbonyl (C=O) groups excluding carboxylic acids is 2. The summed E-state index contributed by atoms with van der Waals surface area (Å²) in [6, 6.07) is 0. The lowest BCUT2D eigenvalue weighted by molar-refractivity contribution is -0.119. The molecule has 0 aromatic rings. The Kier molecular flexibility index (Phi) is 11.4. The summed E-state index contributed by atoms with van der Waals surface area (Å²) in [5, 5.41) is 2.85. The summed E-state index contributed by atoms with van der Waals surface area (Å²) in [4.78, 5) is 22.5. The highest BCUT2D eigenvalue weighted by Gasteiger charge is 2.08. The predicted molar refractivity (Wildman–Crippen MR) is 89.3 cm³/mol. The molecule has 4 nitrogen and oxygen atoms in total. The van der Waals surface area contributed by atoms with E-state index in [1.165, 1.54) is 6.92 Å². The number of allylic oxidation sites excluding steroid dienone is 4. The highest BCUT2D eigenvalue weighted by atomic mass is 32.1.